The van der Waals surface area contributed by atoms with Gasteiger partial charge in [-0.2, -0.15) is 0 Å². The van der Waals surface area contributed by atoms with Crippen molar-refractivity contribution in [2.24, 2.45) is 0 Å². The van der Waals surface area contributed by atoms with Crippen LogP contribution in [0.25, 0.3) is 10.1 Å². The highest BCUT2D eigenvalue weighted by atomic mass is 32.1. The second kappa shape index (κ2) is 7.36. The number of hydrogen-bond acceptors (Lipinski definition) is 4. The fraction of sp³-hybridized carbons (Fsp3) is 0.200. The number of carbonyl (C=O) groups excluding carboxylic acids is 2. The summed E-state index contributed by atoms with van der Waals surface area (Å²) in [7, 11) is 0. The van der Waals surface area contributed by atoms with Crippen molar-refractivity contribution in [1.82, 2.24) is 0 Å². The number of fused-ring (bicyclic) bond motifs is 1. The zero-order valence-electron chi connectivity index (χ0n) is 15.1. The van der Waals surface area contributed by atoms with Gasteiger partial charge in [0.25, 0.3) is 5.91 Å². The maximum Gasteiger partial charge on any atom is 0.412 e. The lowest BCUT2D eigenvalue weighted by atomic mass is 10.2. The molecule has 0 spiro atoms. The largest absolute Gasteiger partial charge is 0.444 e. The van der Waals surface area contributed by atoms with Gasteiger partial charge in [0, 0.05) is 4.70 Å². The Kier molecular flexibility index (Phi) is 5.14. The normalized spacial score (nSPS) is 11.3. The molecule has 2 N–H and O–H groups in total. The smallest absolute Gasteiger partial charge is 0.412 e. The Hall–Kier alpha value is -2.93. The molecule has 3 aromatic rings. The number of halogens is 1. The first-order valence-corrected chi connectivity index (χ1v) is 9.12. The zero-order valence-corrected chi connectivity index (χ0v) is 15.9. The summed E-state index contributed by atoms with van der Waals surface area (Å²) in [6.07, 6.45) is -0.688. The van der Waals surface area contributed by atoms with E-state index in [1.54, 1.807) is 26.8 Å². The quantitative estimate of drug-likeness (QED) is 0.612. The van der Waals surface area contributed by atoms with Gasteiger partial charge in [-0.25, -0.2) is 9.18 Å². The molecule has 1 heterocycles. The summed E-state index contributed by atoms with van der Waals surface area (Å²) in [6.45, 7) is 5.21. The van der Waals surface area contributed by atoms with E-state index in [1.807, 2.05) is 24.3 Å². The summed E-state index contributed by atoms with van der Waals surface area (Å²) in [5, 5.41) is 6.15. The minimum absolute atomic E-state index is 0.156. The van der Waals surface area contributed by atoms with Gasteiger partial charge >= 0.3 is 6.09 Å². The highest BCUT2D eigenvalue weighted by Gasteiger charge is 2.19. The van der Waals surface area contributed by atoms with E-state index >= 15 is 0 Å². The van der Waals surface area contributed by atoms with Crippen molar-refractivity contribution in [3.05, 3.63) is 59.2 Å². The number of thiophene rings is 1. The molecule has 0 atom stereocenters. The molecule has 0 bridgehead atoms. The lowest BCUT2D eigenvalue weighted by molar-refractivity contribution is 0.0635. The Labute approximate surface area is 160 Å². The first-order chi connectivity index (χ1) is 12.7. The predicted octanol–water partition coefficient (Wildman–Crippen LogP) is 5.64. The van der Waals surface area contributed by atoms with E-state index in [1.165, 1.54) is 23.5 Å². The fourth-order valence-corrected chi connectivity index (χ4v) is 3.38. The van der Waals surface area contributed by atoms with Crippen LogP contribution in [0.1, 0.15) is 30.4 Å². The maximum absolute atomic E-state index is 13.7. The standard InChI is InChI=1S/C20H19FN2O3S/c1-20(2,3)26-19(25)23-14-9-8-13(21)11-15(14)22-18(24)17-10-12-6-4-5-7-16(12)27-17/h4-11H,1-3H3,(H,22,24)(H,23,25). The molecular weight excluding hydrogens is 367 g/mol. The van der Waals surface area contributed by atoms with Crippen molar-refractivity contribution < 1.29 is 18.7 Å². The summed E-state index contributed by atoms with van der Waals surface area (Å²) in [6, 6.07) is 13.1. The monoisotopic (exact) mass is 386 g/mol. The molecular formula is C20H19FN2O3S. The van der Waals surface area contributed by atoms with Gasteiger partial charge in [-0.3, -0.25) is 10.1 Å². The van der Waals surface area contributed by atoms with Crippen LogP contribution in [-0.2, 0) is 4.74 Å². The van der Waals surface area contributed by atoms with Crippen LogP contribution in [0.4, 0.5) is 20.6 Å². The minimum atomic E-state index is -0.688. The molecule has 0 fully saturated rings. The van der Waals surface area contributed by atoms with Crippen molar-refractivity contribution in [3.63, 3.8) is 0 Å². The van der Waals surface area contributed by atoms with E-state index in [-0.39, 0.29) is 17.3 Å². The van der Waals surface area contributed by atoms with Crippen molar-refractivity contribution in [1.29, 1.82) is 0 Å². The van der Waals surface area contributed by atoms with Gasteiger partial charge in [0.2, 0.25) is 0 Å². The van der Waals surface area contributed by atoms with Crippen LogP contribution in [0, 0.1) is 5.82 Å². The van der Waals surface area contributed by atoms with Crippen LogP contribution >= 0.6 is 11.3 Å². The Morgan fingerprint density at radius 1 is 1.00 bits per heavy atom. The van der Waals surface area contributed by atoms with E-state index in [2.05, 4.69) is 10.6 Å². The molecule has 0 saturated heterocycles. The summed E-state index contributed by atoms with van der Waals surface area (Å²) in [5.41, 5.74) is -0.270. The molecule has 0 aliphatic rings. The molecule has 1 aromatic heterocycles. The van der Waals surface area contributed by atoms with Crippen molar-refractivity contribution in [3.8, 4) is 0 Å². The van der Waals surface area contributed by atoms with Crippen LogP contribution < -0.4 is 10.6 Å². The maximum atomic E-state index is 13.7. The third kappa shape index (κ3) is 4.83. The zero-order chi connectivity index (χ0) is 19.6. The average molecular weight is 386 g/mol. The van der Waals surface area contributed by atoms with Crippen molar-refractivity contribution in [2.75, 3.05) is 10.6 Å². The van der Waals surface area contributed by atoms with Gasteiger partial charge in [0.15, 0.2) is 0 Å². The number of amides is 2. The van der Waals surface area contributed by atoms with E-state index < -0.39 is 17.5 Å². The van der Waals surface area contributed by atoms with Crippen LogP contribution in [0.2, 0.25) is 0 Å². The molecule has 140 valence electrons. The summed E-state index contributed by atoms with van der Waals surface area (Å²) in [4.78, 5) is 25.1. The molecule has 7 heteroatoms. The first kappa shape index (κ1) is 18.8. The third-order valence-corrected chi connectivity index (χ3v) is 4.63. The third-order valence-electron chi connectivity index (χ3n) is 3.51. The lowest BCUT2D eigenvalue weighted by Gasteiger charge is -2.20. The van der Waals surface area contributed by atoms with Crippen LogP contribution in [0.5, 0.6) is 0 Å². The van der Waals surface area contributed by atoms with Crippen LogP contribution in [0.3, 0.4) is 0 Å². The van der Waals surface area contributed by atoms with Gasteiger partial charge in [-0.05, 0) is 56.5 Å². The molecule has 2 aromatic carbocycles. The topological polar surface area (TPSA) is 67.4 Å². The van der Waals surface area contributed by atoms with Gasteiger partial charge in [0.1, 0.15) is 11.4 Å². The van der Waals surface area contributed by atoms with Crippen molar-refractivity contribution in [2.45, 2.75) is 26.4 Å². The van der Waals surface area contributed by atoms with Crippen LogP contribution in [0.15, 0.2) is 48.5 Å². The van der Waals surface area contributed by atoms with E-state index in [0.717, 1.165) is 16.2 Å². The molecule has 0 radical (unpaired) electrons. The number of ether oxygens (including phenoxy) is 1. The number of nitrogens with one attached hydrogen (secondary N) is 2. The molecule has 0 aliphatic heterocycles. The minimum Gasteiger partial charge on any atom is -0.444 e. The molecule has 5 nitrogen and oxygen atoms in total. The highest BCUT2D eigenvalue weighted by Crippen LogP contribution is 2.28. The Morgan fingerprint density at radius 2 is 1.74 bits per heavy atom. The molecule has 0 unspecified atom stereocenters. The predicted molar refractivity (Wildman–Crippen MR) is 106 cm³/mol. The van der Waals surface area contributed by atoms with E-state index in [9.17, 15) is 14.0 Å². The number of anilines is 2. The van der Waals surface area contributed by atoms with Gasteiger partial charge < -0.3 is 10.1 Å². The van der Waals surface area contributed by atoms with Crippen molar-refractivity contribution >= 4 is 44.8 Å². The highest BCUT2D eigenvalue weighted by molar-refractivity contribution is 7.20. The van der Waals surface area contributed by atoms with Crippen LogP contribution in [-0.4, -0.2) is 17.6 Å². The number of hydrogen-bond donors (Lipinski definition) is 2. The van der Waals surface area contributed by atoms with Gasteiger partial charge in [-0.15, -0.1) is 11.3 Å². The summed E-state index contributed by atoms with van der Waals surface area (Å²) < 4.78 is 19.9. The second-order valence-electron chi connectivity index (χ2n) is 6.92. The second-order valence-corrected chi connectivity index (χ2v) is 8.00. The fourth-order valence-electron chi connectivity index (χ4n) is 2.42. The first-order valence-electron chi connectivity index (χ1n) is 8.31. The number of carbonyl (C=O) groups is 2. The summed E-state index contributed by atoms with van der Waals surface area (Å²) >= 11 is 1.34. The Balaban J connectivity index is 1.82. The SMILES string of the molecule is CC(C)(C)OC(=O)Nc1ccc(F)cc1NC(=O)c1cc2ccccc2s1. The van der Waals surface area contributed by atoms with Gasteiger partial charge in [0.05, 0.1) is 16.3 Å². The Morgan fingerprint density at radius 3 is 2.44 bits per heavy atom. The van der Waals surface area contributed by atoms with E-state index in [4.69, 9.17) is 4.74 Å². The molecule has 0 saturated carbocycles. The average Bonchev–Trinajstić information content (AvgIpc) is 3.00. The van der Waals surface area contributed by atoms with E-state index in [0.29, 0.717) is 4.88 Å². The molecule has 0 aliphatic carbocycles. The Bertz CT molecular complexity index is 975. The number of benzene rings is 2. The molecule has 2 amide bonds. The van der Waals surface area contributed by atoms with Gasteiger partial charge in [-0.1, -0.05) is 18.2 Å². The number of rotatable bonds is 3. The lowest BCUT2D eigenvalue weighted by Crippen LogP contribution is -2.27. The summed E-state index contributed by atoms with van der Waals surface area (Å²) in [5.74, 6) is -0.912. The molecule has 27 heavy (non-hydrogen) atoms. The molecule has 3 rings (SSSR count).